The third-order valence-corrected chi connectivity index (χ3v) is 6.59. The average molecular weight is 414 g/mol. The Morgan fingerprint density at radius 2 is 1.61 bits per heavy atom. The Balaban J connectivity index is 1.56. The molecule has 1 aliphatic carbocycles. The molecule has 2 unspecified atom stereocenters. The lowest BCUT2D eigenvalue weighted by atomic mass is 9.81. The summed E-state index contributed by atoms with van der Waals surface area (Å²) in [5.41, 5.74) is 0.228. The molecule has 2 atom stereocenters. The number of benzene rings is 1. The Morgan fingerprint density at radius 1 is 1.07 bits per heavy atom. The number of likely N-dealkylation sites (tertiary alicyclic amines) is 1. The van der Waals surface area contributed by atoms with Gasteiger partial charge in [-0.25, -0.2) is 8.42 Å². The van der Waals surface area contributed by atoms with Crippen LogP contribution in [0.5, 0.6) is 0 Å². The van der Waals surface area contributed by atoms with Crippen LogP contribution in [0.25, 0.3) is 0 Å². The first kappa shape index (κ1) is 20.4. The van der Waals surface area contributed by atoms with Gasteiger partial charge in [0.05, 0.1) is 16.7 Å². The number of amides is 3. The summed E-state index contributed by atoms with van der Waals surface area (Å²) in [6.07, 6.45) is 3.14. The van der Waals surface area contributed by atoms with Crippen LogP contribution in [-0.4, -0.2) is 43.3 Å². The third-order valence-electron chi connectivity index (χ3n) is 5.20. The number of rotatable bonds is 6. The van der Waals surface area contributed by atoms with E-state index in [-0.39, 0.29) is 42.3 Å². The highest BCUT2D eigenvalue weighted by atomic mass is 32.2. The third kappa shape index (κ3) is 3.91. The Bertz CT molecular complexity index is 862. The van der Waals surface area contributed by atoms with E-state index in [1.807, 2.05) is 0 Å². The van der Waals surface area contributed by atoms with Gasteiger partial charge >= 0.3 is 5.76 Å². The molecular weight excluding hydrogens is 394 g/mol. The van der Waals surface area contributed by atoms with E-state index in [9.17, 15) is 31.6 Å². The number of sulfone groups is 1. The maximum absolute atomic E-state index is 12.5. The molecule has 7 nitrogen and oxygen atoms in total. The van der Waals surface area contributed by atoms with Gasteiger partial charge in [-0.3, -0.25) is 19.3 Å². The van der Waals surface area contributed by atoms with Crippen molar-refractivity contribution in [1.29, 1.82) is 0 Å². The minimum atomic E-state index is -4.69. The molecule has 1 aromatic carbocycles. The van der Waals surface area contributed by atoms with Crippen molar-refractivity contribution in [3.63, 3.8) is 0 Å². The molecule has 2 aliphatic rings. The van der Waals surface area contributed by atoms with Gasteiger partial charge in [0, 0.05) is 18.7 Å². The Labute approximate surface area is 161 Å². The summed E-state index contributed by atoms with van der Waals surface area (Å²) in [4.78, 5) is 37.4. The summed E-state index contributed by atoms with van der Waals surface area (Å²) >= 11 is 0. The van der Waals surface area contributed by atoms with E-state index >= 15 is 0 Å². The fourth-order valence-corrected chi connectivity index (χ4v) is 4.44. The van der Waals surface area contributed by atoms with Crippen LogP contribution in [0.3, 0.4) is 0 Å². The number of nitrogens with zero attached hydrogens (tertiary/aromatic N) is 1. The number of fused-ring (bicyclic) bond motifs is 1. The van der Waals surface area contributed by atoms with Crippen LogP contribution in [0.2, 0.25) is 0 Å². The smallest absolute Gasteiger partial charge is 0.326 e. The molecule has 28 heavy (non-hydrogen) atoms. The van der Waals surface area contributed by atoms with Crippen molar-refractivity contribution < 1.29 is 31.6 Å². The molecule has 0 aromatic heterocycles. The van der Waals surface area contributed by atoms with Crippen LogP contribution in [-0.2, 0) is 24.2 Å². The molecule has 1 saturated heterocycles. The predicted molar refractivity (Wildman–Crippen MR) is 95.0 cm³/mol. The monoisotopic (exact) mass is 414 g/mol. The summed E-state index contributed by atoms with van der Waals surface area (Å²) < 4.78 is 47.8. The largest absolute Gasteiger partial charge is 0.341 e. The zero-order valence-corrected chi connectivity index (χ0v) is 15.8. The fraction of sp³-hybridized carbons (Fsp3) is 0.500. The predicted octanol–water partition coefficient (Wildman–Crippen LogP) is 2.19. The van der Waals surface area contributed by atoms with Crippen molar-refractivity contribution in [2.24, 2.45) is 11.8 Å². The Hall–Kier alpha value is -2.36. The molecule has 3 amide bonds. The van der Waals surface area contributed by atoms with E-state index < -0.39 is 26.4 Å². The van der Waals surface area contributed by atoms with Crippen LogP contribution in [0.15, 0.2) is 29.2 Å². The van der Waals surface area contributed by atoms with Crippen LogP contribution in [0, 0.1) is 11.8 Å². The first-order valence-corrected chi connectivity index (χ1v) is 10.5. The van der Waals surface area contributed by atoms with E-state index in [0.29, 0.717) is 12.8 Å². The zero-order chi connectivity index (χ0) is 20.5. The number of hydrogen-bond acceptors (Lipinski definition) is 5. The molecule has 2 fully saturated rings. The van der Waals surface area contributed by atoms with E-state index in [2.05, 4.69) is 5.32 Å². The van der Waals surface area contributed by atoms with Crippen molar-refractivity contribution in [1.82, 2.24) is 4.90 Å². The summed E-state index contributed by atoms with van der Waals surface area (Å²) in [6.45, 7) is -0.0195. The Morgan fingerprint density at radius 3 is 2.11 bits per heavy atom. The van der Waals surface area contributed by atoms with Crippen molar-refractivity contribution in [3.8, 4) is 0 Å². The van der Waals surface area contributed by atoms with Crippen LogP contribution < -0.4 is 5.32 Å². The lowest BCUT2D eigenvalue weighted by Gasteiger charge is -2.19. The first-order chi connectivity index (χ1) is 13.2. The lowest BCUT2D eigenvalue weighted by molar-refractivity contribution is -0.140. The lowest BCUT2D eigenvalue weighted by Crippen LogP contribution is -2.34. The molecular formula is C18H20F2N2O5S. The van der Waals surface area contributed by atoms with E-state index in [4.69, 9.17) is 0 Å². The topological polar surface area (TPSA) is 101 Å². The number of halogens is 2. The molecule has 3 rings (SSSR count). The van der Waals surface area contributed by atoms with Crippen molar-refractivity contribution in [2.75, 3.05) is 11.9 Å². The standard InChI is InChI=1S/C18H20F2N2O5S/c19-18(20)28(26,27)12-7-5-11(6-8-12)21-15(23)9-10-22-16(24)13-3-1-2-4-14(13)17(22)25/h5-8,13-14,18H,1-4,9-10H2,(H,21,23). The van der Waals surface area contributed by atoms with E-state index in [1.165, 1.54) is 12.1 Å². The molecule has 1 N–H and O–H groups in total. The zero-order valence-electron chi connectivity index (χ0n) is 14.9. The molecule has 152 valence electrons. The SMILES string of the molecule is O=C(CCN1C(=O)C2CCCCC2C1=O)Nc1ccc(S(=O)(=O)C(F)F)cc1. The molecule has 0 spiro atoms. The fourth-order valence-electron chi connectivity index (χ4n) is 3.72. The number of hydrogen-bond donors (Lipinski definition) is 1. The number of anilines is 1. The summed E-state index contributed by atoms with van der Waals surface area (Å²) in [5, 5.41) is 2.50. The Kier molecular flexibility index (Phi) is 5.78. The normalized spacial score (nSPS) is 22.5. The van der Waals surface area contributed by atoms with Crippen LogP contribution in [0.1, 0.15) is 32.1 Å². The number of imide groups is 1. The minimum absolute atomic E-state index is 0.0195. The highest BCUT2D eigenvalue weighted by Crippen LogP contribution is 2.38. The number of nitrogens with one attached hydrogen (secondary N) is 1. The molecule has 1 aliphatic heterocycles. The van der Waals surface area contributed by atoms with Gasteiger partial charge in [-0.15, -0.1) is 0 Å². The van der Waals surface area contributed by atoms with Gasteiger partial charge in [0.1, 0.15) is 0 Å². The second kappa shape index (κ2) is 7.94. The highest BCUT2D eigenvalue weighted by molar-refractivity contribution is 7.91. The van der Waals surface area contributed by atoms with Gasteiger partial charge in [-0.1, -0.05) is 12.8 Å². The van der Waals surface area contributed by atoms with Crippen LogP contribution in [0.4, 0.5) is 14.5 Å². The number of carbonyl (C=O) groups is 3. The van der Waals surface area contributed by atoms with Gasteiger partial charge in [-0.2, -0.15) is 8.78 Å². The van der Waals surface area contributed by atoms with Crippen LogP contribution >= 0.6 is 0 Å². The number of carbonyl (C=O) groups excluding carboxylic acids is 3. The van der Waals surface area contributed by atoms with E-state index in [0.717, 1.165) is 29.9 Å². The minimum Gasteiger partial charge on any atom is -0.326 e. The van der Waals surface area contributed by atoms with Gasteiger partial charge < -0.3 is 5.32 Å². The summed E-state index contributed by atoms with van der Waals surface area (Å²) in [6, 6.07) is 4.37. The van der Waals surface area contributed by atoms with Gasteiger partial charge in [0.15, 0.2) is 0 Å². The van der Waals surface area contributed by atoms with Gasteiger partial charge in [-0.05, 0) is 37.1 Å². The van der Waals surface area contributed by atoms with Crippen molar-refractivity contribution in [3.05, 3.63) is 24.3 Å². The molecule has 1 aromatic rings. The quantitative estimate of drug-likeness (QED) is 0.719. The maximum atomic E-state index is 12.5. The molecule has 1 saturated carbocycles. The molecule has 10 heteroatoms. The average Bonchev–Trinajstić information content (AvgIpc) is 2.91. The molecule has 0 bridgehead atoms. The summed E-state index contributed by atoms with van der Waals surface area (Å²) in [5.74, 6) is -4.97. The molecule has 1 heterocycles. The number of alkyl halides is 2. The van der Waals surface area contributed by atoms with Gasteiger partial charge in [0.25, 0.3) is 0 Å². The second-order valence-corrected chi connectivity index (χ2v) is 8.87. The summed E-state index contributed by atoms with van der Waals surface area (Å²) in [7, 11) is -4.69. The maximum Gasteiger partial charge on any atom is 0.341 e. The van der Waals surface area contributed by atoms with Gasteiger partial charge in [0.2, 0.25) is 27.6 Å². The second-order valence-electron chi connectivity index (χ2n) is 6.95. The molecule has 0 radical (unpaired) electrons. The van der Waals surface area contributed by atoms with Crippen molar-refractivity contribution >= 4 is 33.2 Å². The van der Waals surface area contributed by atoms with Crippen molar-refractivity contribution in [2.45, 2.75) is 42.8 Å². The highest BCUT2D eigenvalue weighted by Gasteiger charge is 2.47. The first-order valence-electron chi connectivity index (χ1n) is 8.99. The van der Waals surface area contributed by atoms with E-state index in [1.54, 1.807) is 0 Å².